The molecule has 0 aliphatic carbocycles. The predicted molar refractivity (Wildman–Crippen MR) is 54.3 cm³/mol. The minimum absolute atomic E-state index is 0.0662. The second-order valence-corrected chi connectivity index (χ2v) is 5.79. The number of amides is 2. The standard InChI is InChI=1S/C8H14N2O4S/c11-4-3-9-8(12)10-6-7-2-1-5-15(7,13)14/h4,7H,1-3,5-6H2,(H2,9,10,12). The number of hydrogen-bond acceptors (Lipinski definition) is 4. The van der Waals surface area contributed by atoms with E-state index in [1.54, 1.807) is 0 Å². The molecular formula is C8H14N2O4S. The number of sulfone groups is 1. The molecule has 1 rings (SSSR count). The van der Waals surface area contributed by atoms with Crippen molar-refractivity contribution in [3.63, 3.8) is 0 Å². The zero-order valence-corrected chi connectivity index (χ0v) is 9.05. The maximum absolute atomic E-state index is 11.4. The van der Waals surface area contributed by atoms with Gasteiger partial charge in [0.1, 0.15) is 6.29 Å². The topological polar surface area (TPSA) is 92.3 Å². The number of aldehydes is 1. The average molecular weight is 234 g/mol. The molecular weight excluding hydrogens is 220 g/mol. The molecule has 1 saturated heterocycles. The number of rotatable bonds is 4. The molecule has 7 heteroatoms. The van der Waals surface area contributed by atoms with Crippen LogP contribution >= 0.6 is 0 Å². The van der Waals surface area contributed by atoms with E-state index in [-0.39, 0.29) is 18.8 Å². The molecule has 1 unspecified atom stereocenters. The molecule has 6 nitrogen and oxygen atoms in total. The summed E-state index contributed by atoms with van der Waals surface area (Å²) in [6.45, 7) is 0.0519. The molecule has 1 aliphatic rings. The highest BCUT2D eigenvalue weighted by Gasteiger charge is 2.31. The van der Waals surface area contributed by atoms with Crippen molar-refractivity contribution >= 4 is 22.2 Å². The third kappa shape index (κ3) is 3.50. The van der Waals surface area contributed by atoms with Gasteiger partial charge in [-0.15, -0.1) is 0 Å². The van der Waals surface area contributed by atoms with Crippen molar-refractivity contribution in [3.8, 4) is 0 Å². The summed E-state index contributed by atoms with van der Waals surface area (Å²) in [4.78, 5) is 20.9. The molecule has 1 heterocycles. The number of hydrogen-bond donors (Lipinski definition) is 2. The summed E-state index contributed by atoms with van der Waals surface area (Å²) in [5, 5.41) is 4.22. The first-order valence-corrected chi connectivity index (χ1v) is 6.44. The van der Waals surface area contributed by atoms with E-state index in [0.29, 0.717) is 19.1 Å². The van der Waals surface area contributed by atoms with Crippen LogP contribution in [0.4, 0.5) is 4.79 Å². The summed E-state index contributed by atoms with van der Waals surface area (Å²) in [6, 6.07) is -0.510. The summed E-state index contributed by atoms with van der Waals surface area (Å²) in [5.41, 5.74) is 0. The Balaban J connectivity index is 2.31. The van der Waals surface area contributed by atoms with Gasteiger partial charge in [0, 0.05) is 6.54 Å². The van der Waals surface area contributed by atoms with Crippen molar-refractivity contribution in [2.45, 2.75) is 18.1 Å². The fourth-order valence-electron chi connectivity index (χ4n) is 1.49. The predicted octanol–water partition coefficient (Wildman–Crippen LogP) is -0.938. The van der Waals surface area contributed by atoms with Gasteiger partial charge in [0.25, 0.3) is 0 Å². The van der Waals surface area contributed by atoms with Gasteiger partial charge in [0.05, 0.1) is 17.5 Å². The quantitative estimate of drug-likeness (QED) is 0.614. The Kier molecular flexibility index (Phi) is 4.07. The van der Waals surface area contributed by atoms with Gasteiger partial charge < -0.3 is 15.4 Å². The molecule has 0 aromatic rings. The van der Waals surface area contributed by atoms with Gasteiger partial charge in [-0.25, -0.2) is 13.2 Å². The Hall–Kier alpha value is -1.11. The molecule has 0 aromatic heterocycles. The molecule has 15 heavy (non-hydrogen) atoms. The Morgan fingerprint density at radius 3 is 2.67 bits per heavy atom. The zero-order chi connectivity index (χ0) is 11.3. The lowest BCUT2D eigenvalue weighted by molar-refractivity contribution is -0.107. The molecule has 2 N–H and O–H groups in total. The molecule has 0 saturated carbocycles. The minimum Gasteiger partial charge on any atom is -0.337 e. The summed E-state index contributed by atoms with van der Waals surface area (Å²) < 4.78 is 22.7. The molecule has 1 atom stereocenters. The van der Waals surface area contributed by atoms with Crippen molar-refractivity contribution in [3.05, 3.63) is 0 Å². The maximum Gasteiger partial charge on any atom is 0.315 e. The van der Waals surface area contributed by atoms with Crippen LogP contribution in [0.2, 0.25) is 0 Å². The zero-order valence-electron chi connectivity index (χ0n) is 8.23. The first-order chi connectivity index (χ1) is 7.06. The summed E-state index contributed by atoms with van der Waals surface area (Å²) >= 11 is 0. The van der Waals surface area contributed by atoms with E-state index < -0.39 is 21.1 Å². The van der Waals surface area contributed by atoms with Crippen LogP contribution in [0, 0.1) is 0 Å². The summed E-state index contributed by atoms with van der Waals surface area (Å²) in [6.07, 6.45) is 1.81. The van der Waals surface area contributed by atoms with Crippen molar-refractivity contribution in [2.75, 3.05) is 18.8 Å². The summed E-state index contributed by atoms with van der Waals surface area (Å²) in [7, 11) is -3.02. The first-order valence-electron chi connectivity index (χ1n) is 4.73. The largest absolute Gasteiger partial charge is 0.337 e. The van der Waals surface area contributed by atoms with Gasteiger partial charge in [-0.05, 0) is 12.8 Å². The molecule has 1 aliphatic heterocycles. The van der Waals surface area contributed by atoms with E-state index in [9.17, 15) is 18.0 Å². The van der Waals surface area contributed by atoms with Crippen LogP contribution < -0.4 is 10.6 Å². The van der Waals surface area contributed by atoms with Gasteiger partial charge in [-0.3, -0.25) is 0 Å². The van der Waals surface area contributed by atoms with E-state index in [1.165, 1.54) is 0 Å². The third-order valence-electron chi connectivity index (χ3n) is 2.30. The van der Waals surface area contributed by atoms with E-state index in [2.05, 4.69) is 10.6 Å². The highest BCUT2D eigenvalue weighted by molar-refractivity contribution is 7.92. The van der Waals surface area contributed by atoms with E-state index in [1.807, 2.05) is 0 Å². The van der Waals surface area contributed by atoms with Crippen LogP contribution in [0.25, 0.3) is 0 Å². The maximum atomic E-state index is 11.4. The highest BCUT2D eigenvalue weighted by atomic mass is 32.2. The van der Waals surface area contributed by atoms with Crippen LogP contribution in [0.1, 0.15) is 12.8 Å². The van der Waals surface area contributed by atoms with Crippen molar-refractivity contribution < 1.29 is 18.0 Å². The lowest BCUT2D eigenvalue weighted by Gasteiger charge is -2.10. The van der Waals surface area contributed by atoms with Crippen molar-refractivity contribution in [1.29, 1.82) is 0 Å². The first kappa shape index (κ1) is 12.0. The molecule has 1 fully saturated rings. The number of carbonyl (C=O) groups excluding carboxylic acids is 2. The molecule has 0 bridgehead atoms. The van der Waals surface area contributed by atoms with Crippen molar-refractivity contribution in [2.24, 2.45) is 0 Å². The molecule has 0 spiro atoms. The molecule has 0 aromatic carbocycles. The highest BCUT2D eigenvalue weighted by Crippen LogP contribution is 2.18. The van der Waals surface area contributed by atoms with E-state index in [4.69, 9.17) is 0 Å². The smallest absolute Gasteiger partial charge is 0.315 e. The monoisotopic (exact) mass is 234 g/mol. The second-order valence-electron chi connectivity index (χ2n) is 3.39. The fourth-order valence-corrected chi connectivity index (χ4v) is 3.26. The number of nitrogens with one attached hydrogen (secondary N) is 2. The number of urea groups is 1. The summed E-state index contributed by atoms with van der Waals surface area (Å²) in [5.74, 6) is 0.204. The Morgan fingerprint density at radius 1 is 1.40 bits per heavy atom. The Morgan fingerprint density at radius 2 is 2.13 bits per heavy atom. The molecule has 2 amide bonds. The van der Waals surface area contributed by atoms with Crippen LogP contribution in [-0.4, -0.2) is 44.8 Å². The van der Waals surface area contributed by atoms with Crippen LogP contribution in [0.5, 0.6) is 0 Å². The Bertz CT molecular complexity index is 339. The van der Waals surface area contributed by atoms with Crippen LogP contribution in [0.3, 0.4) is 0 Å². The van der Waals surface area contributed by atoms with Gasteiger partial charge in [0.2, 0.25) is 0 Å². The lowest BCUT2D eigenvalue weighted by Crippen LogP contribution is -2.41. The van der Waals surface area contributed by atoms with Gasteiger partial charge >= 0.3 is 6.03 Å². The average Bonchev–Trinajstić information content (AvgIpc) is 2.51. The van der Waals surface area contributed by atoms with E-state index in [0.717, 1.165) is 0 Å². The van der Waals surface area contributed by atoms with Crippen molar-refractivity contribution in [1.82, 2.24) is 10.6 Å². The van der Waals surface area contributed by atoms with Gasteiger partial charge in [-0.2, -0.15) is 0 Å². The number of carbonyl (C=O) groups is 2. The lowest BCUT2D eigenvalue weighted by atomic mass is 10.2. The van der Waals surface area contributed by atoms with Crippen LogP contribution in [-0.2, 0) is 14.6 Å². The molecule has 86 valence electrons. The fraction of sp³-hybridized carbons (Fsp3) is 0.750. The Labute approximate surface area is 88.3 Å². The second kappa shape index (κ2) is 5.11. The van der Waals surface area contributed by atoms with E-state index >= 15 is 0 Å². The normalized spacial score (nSPS) is 23.3. The van der Waals surface area contributed by atoms with Crippen LogP contribution in [0.15, 0.2) is 0 Å². The minimum atomic E-state index is -3.02. The van der Waals surface area contributed by atoms with Gasteiger partial charge in [-0.1, -0.05) is 0 Å². The SMILES string of the molecule is O=CCNC(=O)NCC1CCCS1(=O)=O. The molecule has 0 radical (unpaired) electrons. The third-order valence-corrected chi connectivity index (χ3v) is 4.57. The van der Waals surface area contributed by atoms with Gasteiger partial charge in [0.15, 0.2) is 9.84 Å².